The Morgan fingerprint density at radius 3 is 1.54 bits per heavy atom. The molecule has 3 aliphatic carbocycles. The van der Waals surface area contributed by atoms with Gasteiger partial charge in [0.15, 0.2) is 29.1 Å². The van der Waals surface area contributed by atoms with Crippen LogP contribution in [0.1, 0.15) is 95.9 Å². The van der Waals surface area contributed by atoms with E-state index in [2.05, 4.69) is 14.8 Å². The first-order chi connectivity index (χ1) is 39.7. The van der Waals surface area contributed by atoms with Gasteiger partial charge in [0.25, 0.3) is 5.56 Å². The molecule has 16 nitrogen and oxygen atoms in total. The fourth-order valence-electron chi connectivity index (χ4n) is 9.41. The van der Waals surface area contributed by atoms with Crippen molar-refractivity contribution in [2.24, 2.45) is 7.05 Å². The smallest absolute Gasteiger partial charge is 0.255 e. The van der Waals surface area contributed by atoms with Gasteiger partial charge in [-0.25, -0.2) is 60.4 Å². The van der Waals surface area contributed by atoms with Crippen molar-refractivity contribution in [2.45, 2.75) is 119 Å². The molecule has 1 aromatic heterocycles. The highest BCUT2D eigenvalue weighted by molar-refractivity contribution is 14.1. The van der Waals surface area contributed by atoms with Gasteiger partial charge in [0.05, 0.1) is 68.6 Å². The summed E-state index contributed by atoms with van der Waals surface area (Å²) in [5, 5.41) is 39.8. The van der Waals surface area contributed by atoms with E-state index in [9.17, 15) is 75.4 Å². The van der Waals surface area contributed by atoms with E-state index in [-0.39, 0.29) is 102 Å². The lowest BCUT2D eigenvalue weighted by Gasteiger charge is -2.23. The Morgan fingerprint density at radius 2 is 1.06 bits per heavy atom. The second kappa shape index (κ2) is 26.2. The van der Waals surface area contributed by atoms with Gasteiger partial charge in [0.1, 0.15) is 17.5 Å². The maximum atomic E-state index is 14.7. The van der Waals surface area contributed by atoms with E-state index in [0.717, 1.165) is 17.7 Å². The van der Waals surface area contributed by atoms with E-state index in [4.69, 9.17) is 10.2 Å². The predicted molar refractivity (Wildman–Crippen MR) is 314 cm³/mol. The molecule has 3 saturated carbocycles. The van der Waals surface area contributed by atoms with Crippen LogP contribution < -0.4 is 25.0 Å². The molecule has 2 atom stereocenters. The van der Waals surface area contributed by atoms with Crippen LogP contribution in [-0.4, -0.2) is 90.4 Å². The Kier molecular flexibility index (Phi) is 20.5. The molecule has 5 aromatic carbocycles. The van der Waals surface area contributed by atoms with Crippen LogP contribution in [0.5, 0.6) is 0 Å². The monoisotopic (exact) mass is 1370 g/mol. The van der Waals surface area contributed by atoms with Crippen LogP contribution in [0.15, 0.2) is 77.7 Å². The Hall–Kier alpha value is -5.89. The molecule has 1 heterocycles. The number of nitrogens with one attached hydrogen (secondary N) is 4. The zero-order valence-electron chi connectivity index (χ0n) is 46.4. The highest BCUT2D eigenvalue weighted by Crippen LogP contribution is 2.50. The minimum Gasteiger partial charge on any atom is -0.394 e. The van der Waals surface area contributed by atoms with Crippen LogP contribution in [0.2, 0.25) is 0 Å². The van der Waals surface area contributed by atoms with Gasteiger partial charge in [-0.15, -0.1) is 0 Å². The number of rotatable bonds is 21. The molecule has 0 saturated heterocycles. The first-order valence-corrected chi connectivity index (χ1v) is 32.0. The Balaban J connectivity index is 0.000000184. The molecule has 28 heteroatoms. The van der Waals surface area contributed by atoms with Gasteiger partial charge < -0.3 is 30.3 Å². The minimum absolute atomic E-state index is 0.0726. The van der Waals surface area contributed by atoms with Crippen LogP contribution in [0.25, 0.3) is 0 Å². The Bertz CT molecular complexity index is 3770. The zero-order chi connectivity index (χ0) is 62.9. The average molecular weight is 1370 g/mol. The number of sulfonamides is 3. The molecule has 0 bridgehead atoms. The molecule has 2 unspecified atom stereocenters. The summed E-state index contributed by atoms with van der Waals surface area (Å²) in [6, 6.07) is 14.1. The maximum absolute atomic E-state index is 14.7. The highest BCUT2D eigenvalue weighted by Gasteiger charge is 2.57. The molecule has 3 aliphatic rings. The lowest BCUT2D eigenvalue weighted by molar-refractivity contribution is 0.0858. The third kappa shape index (κ3) is 15.5. The summed E-state index contributed by atoms with van der Waals surface area (Å²) in [5.74, 6) is -8.60. The lowest BCUT2D eigenvalue weighted by Crippen LogP contribution is -2.35. The summed E-state index contributed by atoms with van der Waals surface area (Å²) >= 11 is 1.86. The van der Waals surface area contributed by atoms with Gasteiger partial charge >= 0.3 is 0 Å². The van der Waals surface area contributed by atoms with Crippen molar-refractivity contribution in [3.8, 4) is 0 Å². The number of aliphatic hydroxyl groups excluding tert-OH is 4. The maximum Gasteiger partial charge on any atom is 0.255 e. The summed E-state index contributed by atoms with van der Waals surface area (Å²) in [6.07, 6.45) is -0.460. The van der Waals surface area contributed by atoms with E-state index < -0.39 is 134 Å². The molecule has 85 heavy (non-hydrogen) atoms. The number of anilines is 5. The molecule has 0 spiro atoms. The minimum atomic E-state index is -4.34. The summed E-state index contributed by atoms with van der Waals surface area (Å²) in [6.45, 7) is 5.22. The average Bonchev–Trinajstić information content (AvgIpc) is 1.84. The second-order valence-corrected chi connectivity index (χ2v) is 29.0. The first kappa shape index (κ1) is 66.6. The summed E-state index contributed by atoms with van der Waals surface area (Å²) < 4.78 is 197. The van der Waals surface area contributed by atoms with E-state index in [0.29, 0.717) is 27.5 Å². The number of hydrogen-bond donors (Lipinski definition) is 8. The standard InChI is InChI=1S/C21H24F3NO4S.C19H18F4INO4S.C17H20FN3O3S/c1-12-3-4-14(17(22)7-12)9-16-19(24)18(23)8-13(2)20(16)25-30(28,29)21(5-6-21)10-15(27)11-26;20-14-6-11(24)2-1-10(14)5-13-17(23)15(21)7-16(22)18(13)25-30(28,29)19(3-4-19)8-12(27)9-26;1-10-4-7-14(13(18)8-10)19-16-11(2)17(22)21(3)9-15(16)20-25(23,24)12-5-6-12/h3-4,7-8,15,25-27H,5-6,9-11H2,1-2H3;1-2,6-7,12,25-27H,3-5,8-9H2;4,7-9,12,19-20H,5-6H2,1-3H3. The molecular weight excluding hydrogens is 1310 g/mol. The molecule has 462 valence electrons. The second-order valence-electron chi connectivity index (χ2n) is 21.6. The molecular formula is C57H62F8IN5O11S3. The quantitative estimate of drug-likeness (QED) is 0.0191. The molecule has 9 rings (SSSR count). The third-order valence-corrected chi connectivity index (χ3v) is 21.7. The molecule has 8 N–H and O–H groups in total. The van der Waals surface area contributed by atoms with E-state index >= 15 is 0 Å². The molecule has 0 amide bonds. The van der Waals surface area contributed by atoms with Crippen LogP contribution in [-0.2, 0) is 50.0 Å². The topological polar surface area (TPSA) is 253 Å². The highest BCUT2D eigenvalue weighted by atomic mass is 127. The number of nitrogens with zero attached hydrogens (tertiary/aromatic N) is 1. The van der Waals surface area contributed by atoms with E-state index in [1.54, 1.807) is 46.0 Å². The van der Waals surface area contributed by atoms with Crippen LogP contribution in [0.3, 0.4) is 0 Å². The van der Waals surface area contributed by atoms with Crippen molar-refractivity contribution < 1.29 is 80.8 Å². The van der Waals surface area contributed by atoms with Crippen LogP contribution in [0.4, 0.5) is 63.6 Å². The van der Waals surface area contributed by atoms with Crippen LogP contribution >= 0.6 is 22.6 Å². The molecule has 0 radical (unpaired) electrons. The number of hydrogen-bond acceptors (Lipinski definition) is 12. The fraction of sp³-hybridized carbons (Fsp3) is 0.386. The van der Waals surface area contributed by atoms with Gasteiger partial charge in [-0.3, -0.25) is 19.0 Å². The van der Waals surface area contributed by atoms with Crippen molar-refractivity contribution >= 4 is 81.1 Å². The molecule has 0 aliphatic heterocycles. The fourth-order valence-corrected chi connectivity index (χ4v) is 14.8. The van der Waals surface area contributed by atoms with Crippen molar-refractivity contribution in [3.63, 3.8) is 0 Å². The number of aromatic nitrogens is 1. The van der Waals surface area contributed by atoms with E-state index in [1.165, 1.54) is 48.0 Å². The van der Waals surface area contributed by atoms with Gasteiger partial charge in [0.2, 0.25) is 30.1 Å². The van der Waals surface area contributed by atoms with Gasteiger partial charge in [-0.05, 0) is 166 Å². The summed E-state index contributed by atoms with van der Waals surface area (Å²) in [7, 11) is -10.4. The number of aliphatic hydroxyl groups is 4. The van der Waals surface area contributed by atoms with Gasteiger partial charge in [0, 0.05) is 52.4 Å². The van der Waals surface area contributed by atoms with Crippen molar-refractivity contribution in [1.29, 1.82) is 0 Å². The van der Waals surface area contributed by atoms with E-state index in [1.807, 2.05) is 27.3 Å². The van der Waals surface area contributed by atoms with Crippen molar-refractivity contribution in [3.05, 3.63) is 178 Å². The molecule has 6 aromatic rings. The van der Waals surface area contributed by atoms with Crippen LogP contribution in [0, 0.1) is 77.8 Å². The number of halogens is 9. The SMILES string of the molecule is Cc1ccc(Cc2c(F)c(F)cc(C)c2NS(=O)(=O)C2(CC(O)CO)CC2)c(F)c1.Cc1ccc(Nc2c(NS(=O)(=O)C3CC3)cn(C)c(=O)c2C)c(F)c1.O=S(=O)(Nc1c(F)cc(F)c(F)c1Cc1ccc(I)cc1F)C1(CC(O)CO)CC1. The van der Waals surface area contributed by atoms with Gasteiger partial charge in [-0.1, -0.05) is 24.3 Å². The predicted octanol–water partition coefficient (Wildman–Crippen LogP) is 9.57. The Morgan fingerprint density at radius 1 is 0.588 bits per heavy atom. The lowest BCUT2D eigenvalue weighted by atomic mass is 9.98. The zero-order valence-corrected chi connectivity index (χ0v) is 51.0. The first-order valence-electron chi connectivity index (χ1n) is 26.4. The largest absolute Gasteiger partial charge is 0.394 e. The molecule has 3 fully saturated rings. The normalized spacial score (nSPS) is 15.8. The van der Waals surface area contributed by atoms with Crippen molar-refractivity contribution in [2.75, 3.05) is 32.7 Å². The van der Waals surface area contributed by atoms with Gasteiger partial charge in [-0.2, -0.15) is 0 Å². The number of pyridine rings is 1. The number of benzene rings is 5. The summed E-state index contributed by atoms with van der Waals surface area (Å²) in [4.78, 5) is 12.2. The number of aryl methyl sites for hydroxylation is 4. The van der Waals surface area contributed by atoms with Crippen molar-refractivity contribution in [1.82, 2.24) is 4.57 Å². The summed E-state index contributed by atoms with van der Waals surface area (Å²) in [5.41, 5.74) is 0.363. The third-order valence-electron chi connectivity index (χ3n) is 14.8. The Labute approximate surface area is 500 Å².